The van der Waals surface area contributed by atoms with Gasteiger partial charge < -0.3 is 13.9 Å². The van der Waals surface area contributed by atoms with Crippen LogP contribution in [-0.2, 0) is 10.0 Å². The molecule has 0 amide bonds. The molecule has 8 heteroatoms. The fraction of sp³-hybridized carbons (Fsp3) is 0.188. The van der Waals surface area contributed by atoms with Crippen molar-refractivity contribution in [3.63, 3.8) is 0 Å². The average molecular weight is 348 g/mol. The van der Waals surface area contributed by atoms with E-state index in [4.69, 9.17) is 13.9 Å². The molecule has 1 heterocycles. The van der Waals surface area contributed by atoms with Crippen molar-refractivity contribution in [2.24, 2.45) is 0 Å². The molecule has 0 aliphatic rings. The van der Waals surface area contributed by atoms with Crippen LogP contribution in [0.25, 0.3) is 11.1 Å². The van der Waals surface area contributed by atoms with Crippen molar-refractivity contribution in [1.82, 2.24) is 4.98 Å². The van der Waals surface area contributed by atoms with E-state index in [1.807, 2.05) is 0 Å². The monoisotopic (exact) mass is 348 g/mol. The van der Waals surface area contributed by atoms with E-state index in [2.05, 4.69) is 9.71 Å². The predicted octanol–water partition coefficient (Wildman–Crippen LogP) is 2.95. The normalized spacial score (nSPS) is 11.5. The first kappa shape index (κ1) is 16.1. The number of aryl methyl sites for hydroxylation is 1. The highest BCUT2D eigenvalue weighted by Crippen LogP contribution is 2.31. The Bertz CT molecular complexity index is 995. The molecule has 0 fully saturated rings. The average Bonchev–Trinajstić information content (AvgIpc) is 2.93. The Kier molecular flexibility index (Phi) is 4.06. The van der Waals surface area contributed by atoms with Crippen LogP contribution in [0.1, 0.15) is 5.89 Å². The van der Waals surface area contributed by atoms with Crippen LogP contribution in [0.4, 0.5) is 5.69 Å². The number of benzene rings is 2. The molecule has 0 saturated heterocycles. The Labute approximate surface area is 139 Å². The highest BCUT2D eigenvalue weighted by Gasteiger charge is 2.17. The molecule has 0 atom stereocenters. The first-order chi connectivity index (χ1) is 11.4. The van der Waals surface area contributed by atoms with E-state index in [1.165, 1.54) is 26.4 Å². The molecule has 1 aromatic heterocycles. The zero-order valence-electron chi connectivity index (χ0n) is 13.4. The third-order valence-electron chi connectivity index (χ3n) is 3.41. The van der Waals surface area contributed by atoms with Crippen LogP contribution in [-0.4, -0.2) is 27.6 Å². The second kappa shape index (κ2) is 6.04. The van der Waals surface area contributed by atoms with Crippen molar-refractivity contribution in [3.05, 3.63) is 42.3 Å². The van der Waals surface area contributed by atoms with E-state index in [1.54, 1.807) is 31.2 Å². The molecule has 0 radical (unpaired) electrons. The van der Waals surface area contributed by atoms with Crippen LogP contribution in [0.5, 0.6) is 11.5 Å². The molecule has 0 bridgehead atoms. The number of hydrogen-bond donors (Lipinski definition) is 1. The van der Waals surface area contributed by atoms with Gasteiger partial charge in [0.1, 0.15) is 5.52 Å². The van der Waals surface area contributed by atoms with Gasteiger partial charge in [0.25, 0.3) is 10.0 Å². The molecule has 3 rings (SSSR count). The second-order valence-electron chi connectivity index (χ2n) is 5.04. The number of fused-ring (bicyclic) bond motifs is 1. The van der Waals surface area contributed by atoms with E-state index >= 15 is 0 Å². The van der Waals surface area contributed by atoms with Crippen molar-refractivity contribution in [2.45, 2.75) is 11.8 Å². The third kappa shape index (κ3) is 3.00. The molecule has 126 valence electrons. The summed E-state index contributed by atoms with van der Waals surface area (Å²) in [6.07, 6.45) is 0. The van der Waals surface area contributed by atoms with Gasteiger partial charge in [0.2, 0.25) is 0 Å². The lowest BCUT2D eigenvalue weighted by atomic mass is 10.3. The first-order valence-corrected chi connectivity index (χ1v) is 8.53. The molecule has 1 N–H and O–H groups in total. The summed E-state index contributed by atoms with van der Waals surface area (Å²) in [4.78, 5) is 4.23. The Morgan fingerprint density at radius 3 is 2.50 bits per heavy atom. The smallest absolute Gasteiger partial charge is 0.262 e. The number of hydrogen-bond acceptors (Lipinski definition) is 6. The van der Waals surface area contributed by atoms with Gasteiger partial charge in [-0.2, -0.15) is 0 Å². The van der Waals surface area contributed by atoms with Gasteiger partial charge in [-0.15, -0.1) is 0 Å². The van der Waals surface area contributed by atoms with Gasteiger partial charge >= 0.3 is 0 Å². The summed E-state index contributed by atoms with van der Waals surface area (Å²) < 4.78 is 43.3. The summed E-state index contributed by atoms with van der Waals surface area (Å²) in [5.74, 6) is 1.42. The van der Waals surface area contributed by atoms with E-state index in [9.17, 15) is 8.42 Å². The molecule has 0 spiro atoms. The van der Waals surface area contributed by atoms with Gasteiger partial charge in [-0.3, -0.25) is 4.72 Å². The van der Waals surface area contributed by atoms with Gasteiger partial charge in [0.15, 0.2) is 23.0 Å². The van der Waals surface area contributed by atoms with Crippen LogP contribution in [0.15, 0.2) is 45.7 Å². The largest absolute Gasteiger partial charge is 0.493 e. The number of rotatable bonds is 5. The van der Waals surface area contributed by atoms with E-state index in [-0.39, 0.29) is 4.90 Å². The Hall–Kier alpha value is -2.74. The van der Waals surface area contributed by atoms with Crippen molar-refractivity contribution in [1.29, 1.82) is 0 Å². The van der Waals surface area contributed by atoms with Gasteiger partial charge in [-0.05, 0) is 24.3 Å². The number of ether oxygens (including phenoxy) is 2. The highest BCUT2D eigenvalue weighted by atomic mass is 32.2. The number of oxazole rings is 1. The van der Waals surface area contributed by atoms with Crippen LogP contribution < -0.4 is 14.2 Å². The number of sulfonamides is 1. The number of aromatic nitrogens is 1. The summed E-state index contributed by atoms with van der Waals surface area (Å²) in [6.45, 7) is 1.70. The topological polar surface area (TPSA) is 90.7 Å². The molecule has 24 heavy (non-hydrogen) atoms. The summed E-state index contributed by atoms with van der Waals surface area (Å²) in [5.41, 5.74) is 1.39. The Morgan fingerprint density at radius 1 is 1.04 bits per heavy atom. The maximum absolute atomic E-state index is 12.6. The quantitative estimate of drug-likeness (QED) is 0.762. The number of anilines is 1. The summed E-state index contributed by atoms with van der Waals surface area (Å²) in [6, 6.07) is 9.30. The highest BCUT2D eigenvalue weighted by molar-refractivity contribution is 7.92. The number of nitrogens with one attached hydrogen (secondary N) is 1. The Morgan fingerprint density at radius 2 is 1.79 bits per heavy atom. The van der Waals surface area contributed by atoms with E-state index in [0.717, 1.165) is 0 Å². The number of methoxy groups -OCH3 is 2. The SMILES string of the molecule is COc1ccc(NS(=O)(=O)c2ccc3nc(C)oc3c2)cc1OC. The molecule has 7 nitrogen and oxygen atoms in total. The maximum Gasteiger partial charge on any atom is 0.262 e. The fourth-order valence-electron chi connectivity index (χ4n) is 2.30. The lowest BCUT2D eigenvalue weighted by molar-refractivity contribution is 0.355. The second-order valence-corrected chi connectivity index (χ2v) is 6.72. The predicted molar refractivity (Wildman–Crippen MR) is 89.1 cm³/mol. The summed E-state index contributed by atoms with van der Waals surface area (Å²) >= 11 is 0. The summed E-state index contributed by atoms with van der Waals surface area (Å²) in [5, 5.41) is 0. The van der Waals surface area contributed by atoms with Crippen LogP contribution >= 0.6 is 0 Å². The van der Waals surface area contributed by atoms with Crippen LogP contribution in [0, 0.1) is 6.92 Å². The molecule has 3 aromatic rings. The molecular weight excluding hydrogens is 332 g/mol. The standard InChI is InChI=1S/C16H16N2O5S/c1-10-17-13-6-5-12(9-15(13)23-10)24(19,20)18-11-4-7-14(21-2)16(8-11)22-3/h4-9,18H,1-3H3. The van der Waals surface area contributed by atoms with Crippen LogP contribution in [0.2, 0.25) is 0 Å². The van der Waals surface area contributed by atoms with Gasteiger partial charge in [-0.1, -0.05) is 0 Å². The molecule has 0 aliphatic carbocycles. The molecular formula is C16H16N2O5S. The minimum Gasteiger partial charge on any atom is -0.493 e. The lowest BCUT2D eigenvalue weighted by Crippen LogP contribution is -2.13. The van der Waals surface area contributed by atoms with Gasteiger partial charge in [0.05, 0.1) is 24.8 Å². The Balaban J connectivity index is 1.94. The van der Waals surface area contributed by atoms with Gasteiger partial charge in [0, 0.05) is 19.1 Å². The lowest BCUT2D eigenvalue weighted by Gasteiger charge is -2.11. The van der Waals surface area contributed by atoms with E-state index in [0.29, 0.717) is 34.2 Å². The maximum atomic E-state index is 12.6. The number of nitrogens with zero attached hydrogens (tertiary/aromatic N) is 1. The van der Waals surface area contributed by atoms with Crippen molar-refractivity contribution in [3.8, 4) is 11.5 Å². The van der Waals surface area contributed by atoms with Crippen molar-refractivity contribution < 1.29 is 22.3 Å². The molecule has 2 aromatic carbocycles. The van der Waals surface area contributed by atoms with Gasteiger partial charge in [-0.25, -0.2) is 13.4 Å². The van der Waals surface area contributed by atoms with E-state index < -0.39 is 10.0 Å². The third-order valence-corrected chi connectivity index (χ3v) is 4.79. The molecule has 0 saturated carbocycles. The zero-order chi connectivity index (χ0) is 17.3. The van der Waals surface area contributed by atoms with Crippen molar-refractivity contribution >= 4 is 26.8 Å². The minimum atomic E-state index is -3.77. The fourth-order valence-corrected chi connectivity index (χ4v) is 3.37. The molecule has 0 aliphatic heterocycles. The first-order valence-electron chi connectivity index (χ1n) is 7.05. The van der Waals surface area contributed by atoms with Crippen LogP contribution in [0.3, 0.4) is 0 Å². The summed E-state index contributed by atoms with van der Waals surface area (Å²) in [7, 11) is -0.782. The minimum absolute atomic E-state index is 0.0842. The van der Waals surface area contributed by atoms with Crippen molar-refractivity contribution in [2.75, 3.05) is 18.9 Å². The molecule has 0 unspecified atom stereocenters. The zero-order valence-corrected chi connectivity index (χ0v) is 14.2.